The molecule has 2 amide bonds. The molecule has 1 aromatic rings. The molecule has 0 spiro atoms. The molecular weight excluding hydrogens is 316 g/mol. The smallest absolute Gasteiger partial charge is 0.224 e. The molecule has 1 saturated heterocycles. The minimum Gasteiger partial charge on any atom is -0.496 e. The number of hydrogen-bond acceptors (Lipinski definition) is 3. The third-order valence-electron chi connectivity index (χ3n) is 5.01. The van der Waals surface area contributed by atoms with Crippen molar-refractivity contribution in [2.24, 2.45) is 0 Å². The van der Waals surface area contributed by atoms with Crippen LogP contribution >= 0.6 is 0 Å². The summed E-state index contributed by atoms with van der Waals surface area (Å²) in [6, 6.07) is 8.04. The molecule has 0 aliphatic carbocycles. The van der Waals surface area contributed by atoms with Gasteiger partial charge in [-0.2, -0.15) is 0 Å². The fourth-order valence-corrected chi connectivity index (χ4v) is 3.51. The first kappa shape index (κ1) is 19.3. The SMILES string of the molecule is CCC1CCCCN1C(=O)CCN(Cc1ccccc1OC)C(C)=O. The Morgan fingerprint density at radius 3 is 2.72 bits per heavy atom. The van der Waals surface area contributed by atoms with E-state index in [-0.39, 0.29) is 11.8 Å². The van der Waals surface area contributed by atoms with E-state index in [1.54, 1.807) is 18.9 Å². The minimum absolute atomic E-state index is 0.0237. The van der Waals surface area contributed by atoms with Crippen LogP contribution in [0.1, 0.15) is 51.5 Å². The Balaban J connectivity index is 1.97. The largest absolute Gasteiger partial charge is 0.496 e. The van der Waals surface area contributed by atoms with Crippen molar-refractivity contribution in [3.63, 3.8) is 0 Å². The van der Waals surface area contributed by atoms with Crippen molar-refractivity contribution in [2.75, 3.05) is 20.2 Å². The highest BCUT2D eigenvalue weighted by molar-refractivity contribution is 5.78. The van der Waals surface area contributed by atoms with Gasteiger partial charge < -0.3 is 14.5 Å². The summed E-state index contributed by atoms with van der Waals surface area (Å²) in [5.74, 6) is 0.907. The fraction of sp³-hybridized carbons (Fsp3) is 0.600. The van der Waals surface area contributed by atoms with E-state index in [4.69, 9.17) is 4.74 Å². The van der Waals surface area contributed by atoms with Crippen LogP contribution in [0.2, 0.25) is 0 Å². The van der Waals surface area contributed by atoms with Crippen LogP contribution in [0.15, 0.2) is 24.3 Å². The van der Waals surface area contributed by atoms with Gasteiger partial charge in [-0.3, -0.25) is 9.59 Å². The van der Waals surface area contributed by atoms with Crippen LogP contribution in [0, 0.1) is 0 Å². The topological polar surface area (TPSA) is 49.9 Å². The van der Waals surface area contributed by atoms with Crippen molar-refractivity contribution in [2.45, 2.75) is 58.5 Å². The van der Waals surface area contributed by atoms with Gasteiger partial charge in [-0.25, -0.2) is 0 Å². The Kier molecular flexibility index (Phi) is 7.29. The van der Waals surface area contributed by atoms with Crippen molar-refractivity contribution in [3.8, 4) is 5.75 Å². The minimum atomic E-state index is -0.0237. The Morgan fingerprint density at radius 1 is 1.28 bits per heavy atom. The summed E-state index contributed by atoms with van der Waals surface area (Å²) in [7, 11) is 1.63. The monoisotopic (exact) mass is 346 g/mol. The van der Waals surface area contributed by atoms with Gasteiger partial charge in [-0.15, -0.1) is 0 Å². The Labute approximate surface area is 150 Å². The van der Waals surface area contributed by atoms with Crippen LogP contribution in [0.25, 0.3) is 0 Å². The first-order chi connectivity index (χ1) is 12.1. The molecule has 0 radical (unpaired) electrons. The number of benzene rings is 1. The summed E-state index contributed by atoms with van der Waals surface area (Å²) < 4.78 is 5.36. The summed E-state index contributed by atoms with van der Waals surface area (Å²) in [4.78, 5) is 28.4. The molecule has 1 atom stereocenters. The van der Waals surface area contributed by atoms with Crippen LogP contribution in [0.5, 0.6) is 5.75 Å². The van der Waals surface area contributed by atoms with E-state index in [2.05, 4.69) is 6.92 Å². The molecule has 1 heterocycles. The van der Waals surface area contributed by atoms with Crippen molar-refractivity contribution >= 4 is 11.8 Å². The molecule has 1 aliphatic heterocycles. The lowest BCUT2D eigenvalue weighted by Gasteiger charge is -2.36. The second-order valence-electron chi connectivity index (χ2n) is 6.65. The predicted molar refractivity (Wildman–Crippen MR) is 98.3 cm³/mol. The van der Waals surface area contributed by atoms with Gasteiger partial charge in [-0.1, -0.05) is 25.1 Å². The summed E-state index contributed by atoms with van der Waals surface area (Å²) in [5, 5.41) is 0. The lowest BCUT2D eigenvalue weighted by molar-refractivity contribution is -0.136. The van der Waals surface area contributed by atoms with E-state index in [9.17, 15) is 9.59 Å². The quantitative estimate of drug-likeness (QED) is 0.762. The average Bonchev–Trinajstić information content (AvgIpc) is 2.64. The van der Waals surface area contributed by atoms with Crippen LogP contribution in [0.4, 0.5) is 0 Å². The maximum atomic E-state index is 12.6. The van der Waals surface area contributed by atoms with Gasteiger partial charge in [-0.05, 0) is 31.7 Å². The molecule has 5 nitrogen and oxygen atoms in total. The second kappa shape index (κ2) is 9.44. The molecule has 1 aromatic carbocycles. The number of nitrogens with zero attached hydrogens (tertiary/aromatic N) is 2. The van der Waals surface area contributed by atoms with Gasteiger partial charge in [0.25, 0.3) is 0 Å². The van der Waals surface area contributed by atoms with Crippen molar-refractivity contribution < 1.29 is 14.3 Å². The third-order valence-corrected chi connectivity index (χ3v) is 5.01. The second-order valence-corrected chi connectivity index (χ2v) is 6.65. The predicted octanol–water partition coefficient (Wildman–Crippen LogP) is 3.22. The molecule has 1 fully saturated rings. The van der Waals surface area contributed by atoms with Gasteiger partial charge in [0.05, 0.1) is 7.11 Å². The van der Waals surface area contributed by atoms with E-state index in [0.717, 1.165) is 37.1 Å². The zero-order valence-corrected chi connectivity index (χ0v) is 15.7. The first-order valence-electron chi connectivity index (χ1n) is 9.23. The first-order valence-corrected chi connectivity index (χ1v) is 9.23. The molecule has 138 valence electrons. The highest BCUT2D eigenvalue weighted by atomic mass is 16.5. The van der Waals surface area contributed by atoms with Crippen LogP contribution < -0.4 is 4.74 Å². The maximum absolute atomic E-state index is 12.6. The third kappa shape index (κ3) is 5.21. The molecule has 0 saturated carbocycles. The molecular formula is C20H30N2O3. The molecule has 1 unspecified atom stereocenters. The average molecular weight is 346 g/mol. The van der Waals surface area contributed by atoms with Crippen LogP contribution in [0.3, 0.4) is 0 Å². The van der Waals surface area contributed by atoms with Gasteiger partial charge in [0.15, 0.2) is 0 Å². The standard InChI is InChI=1S/C20H30N2O3/c1-4-18-10-7-8-13-22(18)20(24)12-14-21(16(2)23)15-17-9-5-6-11-19(17)25-3/h5-6,9,11,18H,4,7-8,10,12-15H2,1-3H3. The summed E-state index contributed by atoms with van der Waals surface area (Å²) in [6.45, 7) is 5.45. The van der Waals surface area contributed by atoms with Gasteiger partial charge >= 0.3 is 0 Å². The van der Waals surface area contributed by atoms with Crippen molar-refractivity contribution in [1.82, 2.24) is 9.80 Å². The lowest BCUT2D eigenvalue weighted by atomic mass is 9.99. The molecule has 0 N–H and O–H groups in total. The Morgan fingerprint density at radius 2 is 2.04 bits per heavy atom. The number of methoxy groups -OCH3 is 1. The lowest BCUT2D eigenvalue weighted by Crippen LogP contribution is -2.44. The summed E-state index contributed by atoms with van der Waals surface area (Å²) in [6.07, 6.45) is 4.77. The van der Waals surface area contributed by atoms with E-state index >= 15 is 0 Å². The molecule has 0 bridgehead atoms. The van der Waals surface area contributed by atoms with E-state index in [0.29, 0.717) is 25.6 Å². The number of piperidine rings is 1. The molecule has 2 rings (SSSR count). The van der Waals surface area contributed by atoms with Crippen molar-refractivity contribution in [1.29, 1.82) is 0 Å². The molecule has 25 heavy (non-hydrogen) atoms. The normalized spacial score (nSPS) is 17.2. The van der Waals surface area contributed by atoms with E-state index in [1.807, 2.05) is 29.2 Å². The number of amides is 2. The zero-order valence-electron chi connectivity index (χ0n) is 15.7. The Bertz CT molecular complexity index is 588. The van der Waals surface area contributed by atoms with Gasteiger partial charge in [0, 0.05) is 44.6 Å². The number of hydrogen-bond donors (Lipinski definition) is 0. The summed E-state index contributed by atoms with van der Waals surface area (Å²) >= 11 is 0. The highest BCUT2D eigenvalue weighted by Gasteiger charge is 2.25. The Hall–Kier alpha value is -2.04. The molecule has 0 aromatic heterocycles. The maximum Gasteiger partial charge on any atom is 0.224 e. The van der Waals surface area contributed by atoms with E-state index in [1.165, 1.54) is 6.42 Å². The number of para-hydroxylation sites is 1. The number of rotatable bonds is 7. The molecule has 5 heteroatoms. The highest BCUT2D eigenvalue weighted by Crippen LogP contribution is 2.22. The number of ether oxygens (including phenoxy) is 1. The number of carbonyl (C=O) groups excluding carboxylic acids is 2. The van der Waals surface area contributed by atoms with Crippen LogP contribution in [-0.2, 0) is 16.1 Å². The molecule has 1 aliphatic rings. The summed E-state index contributed by atoms with van der Waals surface area (Å²) in [5.41, 5.74) is 0.956. The van der Waals surface area contributed by atoms with Crippen molar-refractivity contribution in [3.05, 3.63) is 29.8 Å². The number of likely N-dealkylation sites (tertiary alicyclic amines) is 1. The fourth-order valence-electron chi connectivity index (χ4n) is 3.51. The van der Waals surface area contributed by atoms with E-state index < -0.39 is 0 Å². The van der Waals surface area contributed by atoms with Gasteiger partial charge in [0.1, 0.15) is 5.75 Å². The van der Waals surface area contributed by atoms with Gasteiger partial charge in [0.2, 0.25) is 11.8 Å². The number of carbonyl (C=O) groups is 2. The van der Waals surface area contributed by atoms with Crippen LogP contribution in [-0.4, -0.2) is 47.9 Å². The zero-order chi connectivity index (χ0) is 18.2.